The van der Waals surface area contributed by atoms with Gasteiger partial charge in [-0.05, 0) is 48.2 Å². The quantitative estimate of drug-likeness (QED) is 0.643. The largest absolute Gasteiger partial charge is 0.484 e. The van der Waals surface area contributed by atoms with Crippen molar-refractivity contribution in [2.75, 3.05) is 32.8 Å². The van der Waals surface area contributed by atoms with Gasteiger partial charge in [-0.2, -0.15) is 8.78 Å². The third kappa shape index (κ3) is 5.80. The highest BCUT2D eigenvalue weighted by molar-refractivity contribution is 7.99. The molecule has 0 unspecified atom stereocenters. The lowest BCUT2D eigenvalue weighted by Gasteiger charge is -2.34. The first kappa shape index (κ1) is 21.3. The van der Waals surface area contributed by atoms with Crippen molar-refractivity contribution >= 4 is 35.2 Å². The van der Waals surface area contributed by atoms with Gasteiger partial charge in [0, 0.05) is 37.4 Å². The lowest BCUT2D eigenvalue weighted by atomic mass is 10.2. The number of halogens is 3. The summed E-state index contributed by atoms with van der Waals surface area (Å²) in [6, 6.07) is 9.72. The maximum Gasteiger partial charge on any atom is 0.290 e. The Morgan fingerprint density at radius 3 is 2.41 bits per heavy atom. The van der Waals surface area contributed by atoms with Crippen molar-refractivity contribution < 1.29 is 23.1 Å². The molecule has 0 N–H and O–H groups in total. The van der Waals surface area contributed by atoms with Crippen LogP contribution < -0.4 is 4.74 Å². The lowest BCUT2D eigenvalue weighted by molar-refractivity contribution is -0.134. The minimum absolute atomic E-state index is 0.00219. The molecule has 6 nitrogen and oxygen atoms in total. The zero-order chi connectivity index (χ0) is 20.8. The monoisotopic (exact) mass is 441 g/mol. The van der Waals surface area contributed by atoms with Gasteiger partial charge in [-0.3, -0.25) is 9.59 Å². The summed E-state index contributed by atoms with van der Waals surface area (Å²) in [5, 5.41) is 0.579. The van der Waals surface area contributed by atoms with E-state index in [4.69, 9.17) is 16.3 Å². The number of aromatic nitrogens is 1. The lowest BCUT2D eigenvalue weighted by Crippen LogP contribution is -2.51. The van der Waals surface area contributed by atoms with Crippen molar-refractivity contribution in [1.29, 1.82) is 0 Å². The van der Waals surface area contributed by atoms with E-state index >= 15 is 0 Å². The average molecular weight is 442 g/mol. The zero-order valence-electron chi connectivity index (χ0n) is 15.3. The molecule has 154 valence electrons. The van der Waals surface area contributed by atoms with Crippen molar-refractivity contribution in [3.05, 3.63) is 53.2 Å². The number of hydrogen-bond acceptors (Lipinski definition) is 5. The Morgan fingerprint density at radius 1 is 1.10 bits per heavy atom. The van der Waals surface area contributed by atoms with Gasteiger partial charge in [0.05, 0.1) is 5.56 Å². The molecule has 1 aromatic carbocycles. The summed E-state index contributed by atoms with van der Waals surface area (Å²) >= 11 is 6.06. The number of rotatable bonds is 6. The maximum absolute atomic E-state index is 12.7. The molecular formula is C19H18ClF2N3O3S. The fraction of sp³-hybridized carbons (Fsp3) is 0.316. The van der Waals surface area contributed by atoms with E-state index in [-0.39, 0.29) is 40.8 Å². The van der Waals surface area contributed by atoms with E-state index in [0.29, 0.717) is 37.0 Å². The second kappa shape index (κ2) is 9.89. The van der Waals surface area contributed by atoms with Crippen LogP contribution in [0.1, 0.15) is 10.4 Å². The van der Waals surface area contributed by atoms with Crippen LogP contribution in [0.5, 0.6) is 5.75 Å². The predicted molar refractivity (Wildman–Crippen MR) is 106 cm³/mol. The van der Waals surface area contributed by atoms with E-state index in [2.05, 4.69) is 4.98 Å². The number of hydrogen-bond donors (Lipinski definition) is 0. The van der Waals surface area contributed by atoms with Gasteiger partial charge in [-0.15, -0.1) is 0 Å². The maximum atomic E-state index is 12.7. The van der Waals surface area contributed by atoms with Crippen LogP contribution in [-0.2, 0) is 4.79 Å². The molecule has 0 bridgehead atoms. The molecule has 29 heavy (non-hydrogen) atoms. The summed E-state index contributed by atoms with van der Waals surface area (Å²) in [7, 11) is 0. The number of pyridine rings is 1. The fourth-order valence-electron chi connectivity index (χ4n) is 2.83. The molecule has 2 heterocycles. The summed E-state index contributed by atoms with van der Waals surface area (Å²) in [4.78, 5) is 32.1. The number of benzene rings is 1. The van der Waals surface area contributed by atoms with Gasteiger partial charge in [0.2, 0.25) is 0 Å². The van der Waals surface area contributed by atoms with Crippen LogP contribution in [0.25, 0.3) is 0 Å². The standard InChI is InChI=1S/C19H18ClF2N3O3S/c20-13-3-5-14(6-4-13)28-12-16(26)24-8-10-25(11-9-24)18(27)15-2-1-7-23-17(15)29-19(21)22/h1-7,19H,8-12H2. The zero-order valence-corrected chi connectivity index (χ0v) is 16.8. The summed E-state index contributed by atoms with van der Waals surface area (Å²) in [5.41, 5.74) is 0.142. The van der Waals surface area contributed by atoms with Gasteiger partial charge in [-0.1, -0.05) is 11.6 Å². The van der Waals surface area contributed by atoms with Crippen molar-refractivity contribution in [3.63, 3.8) is 0 Å². The minimum atomic E-state index is -2.66. The predicted octanol–water partition coefficient (Wildman–Crippen LogP) is 3.41. The summed E-state index contributed by atoms with van der Waals surface area (Å²) in [6.07, 6.45) is 1.37. The topological polar surface area (TPSA) is 62.7 Å². The van der Waals surface area contributed by atoms with Crippen LogP contribution in [0.15, 0.2) is 47.6 Å². The highest BCUT2D eigenvalue weighted by Gasteiger charge is 2.27. The Balaban J connectivity index is 1.53. The number of nitrogens with zero attached hydrogens (tertiary/aromatic N) is 3. The van der Waals surface area contributed by atoms with Crippen molar-refractivity contribution in [3.8, 4) is 5.75 Å². The smallest absolute Gasteiger partial charge is 0.290 e. The van der Waals surface area contributed by atoms with E-state index in [1.165, 1.54) is 23.2 Å². The molecule has 1 saturated heterocycles. The molecular weight excluding hydrogens is 424 g/mol. The normalized spacial score (nSPS) is 14.2. The first-order valence-electron chi connectivity index (χ1n) is 8.79. The Bertz CT molecular complexity index is 862. The SMILES string of the molecule is O=C(COc1ccc(Cl)cc1)N1CCN(C(=O)c2cccnc2SC(F)F)CC1. The molecule has 10 heteroatoms. The third-order valence-corrected chi connectivity index (χ3v) is 5.28. The Hall–Kier alpha value is -2.39. The molecule has 2 aromatic rings. The second-order valence-corrected chi connectivity index (χ2v) is 7.57. The van der Waals surface area contributed by atoms with Gasteiger partial charge in [0.25, 0.3) is 17.6 Å². The number of ether oxygens (including phenoxy) is 1. The number of alkyl halides is 2. The van der Waals surface area contributed by atoms with Gasteiger partial charge in [0.15, 0.2) is 6.61 Å². The van der Waals surface area contributed by atoms with Gasteiger partial charge < -0.3 is 14.5 Å². The minimum Gasteiger partial charge on any atom is -0.484 e. The average Bonchev–Trinajstić information content (AvgIpc) is 2.73. The van der Waals surface area contributed by atoms with Crippen LogP contribution in [0.3, 0.4) is 0 Å². The van der Waals surface area contributed by atoms with E-state index in [0.717, 1.165) is 0 Å². The Morgan fingerprint density at radius 2 is 1.76 bits per heavy atom. The molecule has 1 aliphatic heterocycles. The van der Waals surface area contributed by atoms with Crippen LogP contribution in [0.4, 0.5) is 8.78 Å². The van der Waals surface area contributed by atoms with Gasteiger partial charge >= 0.3 is 0 Å². The molecule has 0 spiro atoms. The van der Waals surface area contributed by atoms with Crippen molar-refractivity contribution in [1.82, 2.24) is 14.8 Å². The van der Waals surface area contributed by atoms with Crippen molar-refractivity contribution in [2.24, 2.45) is 0 Å². The van der Waals surface area contributed by atoms with Gasteiger partial charge in [-0.25, -0.2) is 4.98 Å². The number of carbonyl (C=O) groups excluding carboxylic acids is 2. The fourth-order valence-corrected chi connectivity index (χ4v) is 3.53. The first-order chi connectivity index (χ1) is 13.9. The van der Waals surface area contributed by atoms with E-state index in [1.54, 1.807) is 29.2 Å². The number of carbonyl (C=O) groups is 2. The Kier molecular flexibility index (Phi) is 7.27. The summed E-state index contributed by atoms with van der Waals surface area (Å²) < 4.78 is 30.9. The molecule has 1 fully saturated rings. The van der Waals surface area contributed by atoms with E-state index in [9.17, 15) is 18.4 Å². The van der Waals surface area contributed by atoms with E-state index < -0.39 is 5.76 Å². The van der Waals surface area contributed by atoms with Crippen LogP contribution in [-0.4, -0.2) is 65.1 Å². The van der Waals surface area contributed by atoms with Crippen molar-refractivity contribution in [2.45, 2.75) is 10.8 Å². The summed E-state index contributed by atoms with van der Waals surface area (Å²) in [6.45, 7) is 1.17. The second-order valence-electron chi connectivity index (χ2n) is 6.15. The van der Waals surface area contributed by atoms with Crippen LogP contribution >= 0.6 is 23.4 Å². The molecule has 0 aliphatic carbocycles. The number of piperazine rings is 1. The first-order valence-corrected chi connectivity index (χ1v) is 10.0. The third-order valence-electron chi connectivity index (χ3n) is 4.30. The molecule has 2 amide bonds. The molecule has 0 saturated carbocycles. The molecule has 0 atom stereocenters. The molecule has 1 aromatic heterocycles. The Labute approximate surface area is 175 Å². The molecule has 0 radical (unpaired) electrons. The molecule has 3 rings (SSSR count). The highest BCUT2D eigenvalue weighted by Crippen LogP contribution is 2.27. The van der Waals surface area contributed by atoms with Crippen LogP contribution in [0.2, 0.25) is 5.02 Å². The summed E-state index contributed by atoms with van der Waals surface area (Å²) in [5.74, 6) is -2.68. The number of thioether (sulfide) groups is 1. The molecule has 1 aliphatic rings. The van der Waals surface area contributed by atoms with Gasteiger partial charge in [0.1, 0.15) is 10.8 Å². The number of amides is 2. The van der Waals surface area contributed by atoms with Crippen LogP contribution in [0, 0.1) is 0 Å². The highest BCUT2D eigenvalue weighted by atomic mass is 35.5. The van der Waals surface area contributed by atoms with E-state index in [1.807, 2.05) is 0 Å².